The Labute approximate surface area is 148 Å². The molecule has 0 spiro atoms. The standard InChI is InChI=1S/C18H17N3O3S/c1-10-4-6-12(7-5-10)14-9-15(21-20-14)16(22)19-17-13(18(23)24-3)8-11(2)25-17/h4-9H,1-3H3,(H,19,22)(H,20,21). The van der Waals surface area contributed by atoms with Crippen LogP contribution >= 0.6 is 11.3 Å². The van der Waals surface area contributed by atoms with Crippen LogP contribution in [-0.2, 0) is 4.74 Å². The molecule has 1 aromatic carbocycles. The summed E-state index contributed by atoms with van der Waals surface area (Å²) in [6.45, 7) is 3.87. The van der Waals surface area contributed by atoms with E-state index < -0.39 is 5.97 Å². The molecule has 0 atom stereocenters. The fourth-order valence-electron chi connectivity index (χ4n) is 2.35. The van der Waals surface area contributed by atoms with Crippen LogP contribution in [0.15, 0.2) is 36.4 Å². The molecule has 2 heterocycles. The summed E-state index contributed by atoms with van der Waals surface area (Å²) in [6.07, 6.45) is 0. The van der Waals surface area contributed by atoms with Crippen molar-refractivity contribution >= 4 is 28.2 Å². The normalized spacial score (nSPS) is 10.5. The summed E-state index contributed by atoms with van der Waals surface area (Å²) in [4.78, 5) is 25.2. The Morgan fingerprint density at radius 3 is 2.56 bits per heavy atom. The first-order chi connectivity index (χ1) is 12.0. The minimum Gasteiger partial charge on any atom is -0.465 e. The summed E-state index contributed by atoms with van der Waals surface area (Å²) in [5, 5.41) is 10.1. The van der Waals surface area contributed by atoms with Gasteiger partial charge in [-0.2, -0.15) is 5.10 Å². The van der Waals surface area contributed by atoms with E-state index in [1.807, 2.05) is 38.1 Å². The van der Waals surface area contributed by atoms with E-state index in [9.17, 15) is 9.59 Å². The van der Waals surface area contributed by atoms with Crippen molar-refractivity contribution in [3.63, 3.8) is 0 Å². The lowest BCUT2D eigenvalue weighted by molar-refractivity contribution is 0.0602. The number of aromatic amines is 1. The second-order valence-electron chi connectivity index (χ2n) is 5.58. The fraction of sp³-hybridized carbons (Fsp3) is 0.167. The number of amides is 1. The van der Waals surface area contributed by atoms with Crippen molar-refractivity contribution in [3.05, 3.63) is 58.1 Å². The van der Waals surface area contributed by atoms with E-state index in [-0.39, 0.29) is 5.91 Å². The number of carbonyl (C=O) groups excluding carboxylic acids is 2. The van der Waals surface area contributed by atoms with Gasteiger partial charge in [0.15, 0.2) is 0 Å². The summed E-state index contributed by atoms with van der Waals surface area (Å²) in [6, 6.07) is 11.2. The number of ether oxygens (including phenoxy) is 1. The first kappa shape index (κ1) is 16.9. The Kier molecular flexibility index (Phi) is 4.67. The first-order valence-corrected chi connectivity index (χ1v) is 8.42. The molecule has 3 aromatic rings. The number of rotatable bonds is 4. The average Bonchev–Trinajstić information content (AvgIpc) is 3.22. The van der Waals surface area contributed by atoms with Gasteiger partial charge in [-0.1, -0.05) is 29.8 Å². The quantitative estimate of drug-likeness (QED) is 0.697. The van der Waals surface area contributed by atoms with Crippen LogP contribution in [0.3, 0.4) is 0 Å². The van der Waals surface area contributed by atoms with Crippen LogP contribution in [0.5, 0.6) is 0 Å². The Morgan fingerprint density at radius 1 is 1.16 bits per heavy atom. The van der Waals surface area contributed by atoms with Crippen LogP contribution in [0.25, 0.3) is 11.3 Å². The minimum atomic E-state index is -0.482. The zero-order chi connectivity index (χ0) is 18.0. The lowest BCUT2D eigenvalue weighted by atomic mass is 10.1. The Bertz CT molecular complexity index is 925. The van der Waals surface area contributed by atoms with Gasteiger partial charge in [0, 0.05) is 10.4 Å². The number of hydrogen-bond donors (Lipinski definition) is 2. The van der Waals surface area contributed by atoms with Crippen molar-refractivity contribution in [2.75, 3.05) is 12.4 Å². The van der Waals surface area contributed by atoms with Gasteiger partial charge in [-0.05, 0) is 26.0 Å². The largest absolute Gasteiger partial charge is 0.465 e. The molecule has 0 aliphatic heterocycles. The van der Waals surface area contributed by atoms with E-state index in [2.05, 4.69) is 15.5 Å². The lowest BCUT2D eigenvalue weighted by Gasteiger charge is -2.03. The number of aromatic nitrogens is 2. The number of esters is 1. The van der Waals surface area contributed by atoms with Crippen molar-refractivity contribution in [2.24, 2.45) is 0 Å². The van der Waals surface area contributed by atoms with Crippen molar-refractivity contribution in [3.8, 4) is 11.3 Å². The van der Waals surface area contributed by atoms with Crippen LogP contribution in [0.1, 0.15) is 31.3 Å². The summed E-state index contributed by atoms with van der Waals surface area (Å²) in [5.74, 6) is -0.845. The van der Waals surface area contributed by atoms with Gasteiger partial charge in [-0.15, -0.1) is 11.3 Å². The zero-order valence-corrected chi connectivity index (χ0v) is 14.9. The van der Waals surface area contributed by atoms with Crippen LogP contribution < -0.4 is 5.32 Å². The molecule has 2 aromatic heterocycles. The van der Waals surface area contributed by atoms with Gasteiger partial charge in [0.2, 0.25) is 0 Å². The molecule has 0 radical (unpaired) electrons. The molecule has 0 fully saturated rings. The summed E-state index contributed by atoms with van der Waals surface area (Å²) in [7, 11) is 1.31. The molecule has 128 valence electrons. The number of hydrogen-bond acceptors (Lipinski definition) is 5. The molecule has 1 amide bonds. The van der Waals surface area contributed by atoms with E-state index in [0.29, 0.717) is 22.0 Å². The van der Waals surface area contributed by atoms with E-state index in [1.54, 1.807) is 12.1 Å². The van der Waals surface area contributed by atoms with Gasteiger partial charge in [0.05, 0.1) is 18.4 Å². The third kappa shape index (κ3) is 3.61. The number of benzene rings is 1. The molecule has 3 rings (SSSR count). The van der Waals surface area contributed by atoms with E-state index in [4.69, 9.17) is 4.74 Å². The van der Waals surface area contributed by atoms with Crippen LogP contribution in [0, 0.1) is 13.8 Å². The molecule has 0 aliphatic carbocycles. The molecular formula is C18H17N3O3S. The second-order valence-corrected chi connectivity index (χ2v) is 6.83. The Hall–Kier alpha value is -2.93. The predicted octanol–water partition coefficient (Wildman–Crippen LogP) is 3.79. The highest BCUT2D eigenvalue weighted by molar-refractivity contribution is 7.16. The van der Waals surface area contributed by atoms with Gasteiger partial charge < -0.3 is 10.1 Å². The molecule has 0 bridgehead atoms. The van der Waals surface area contributed by atoms with Crippen molar-refractivity contribution in [1.29, 1.82) is 0 Å². The highest BCUT2D eigenvalue weighted by atomic mass is 32.1. The monoisotopic (exact) mass is 355 g/mol. The van der Waals surface area contributed by atoms with Crippen molar-refractivity contribution in [1.82, 2.24) is 10.2 Å². The number of methoxy groups -OCH3 is 1. The third-order valence-electron chi connectivity index (χ3n) is 3.66. The number of carbonyl (C=O) groups is 2. The minimum absolute atomic E-state index is 0.317. The maximum atomic E-state index is 12.5. The SMILES string of the molecule is COC(=O)c1cc(C)sc1NC(=O)c1cc(-c2ccc(C)cc2)n[nH]1. The van der Waals surface area contributed by atoms with E-state index in [0.717, 1.165) is 16.0 Å². The molecule has 25 heavy (non-hydrogen) atoms. The number of thiophene rings is 1. The topological polar surface area (TPSA) is 84.1 Å². The lowest BCUT2D eigenvalue weighted by Crippen LogP contribution is -2.14. The Balaban J connectivity index is 1.81. The zero-order valence-electron chi connectivity index (χ0n) is 14.0. The van der Waals surface area contributed by atoms with E-state index >= 15 is 0 Å². The van der Waals surface area contributed by atoms with Gasteiger partial charge >= 0.3 is 5.97 Å². The fourth-order valence-corrected chi connectivity index (χ4v) is 3.24. The summed E-state index contributed by atoms with van der Waals surface area (Å²) >= 11 is 1.32. The highest BCUT2D eigenvalue weighted by Gasteiger charge is 2.19. The molecule has 0 unspecified atom stereocenters. The van der Waals surface area contributed by atoms with Crippen LogP contribution in [0.2, 0.25) is 0 Å². The molecule has 7 heteroatoms. The third-order valence-corrected chi connectivity index (χ3v) is 4.62. The number of anilines is 1. The van der Waals surface area contributed by atoms with Gasteiger partial charge in [0.25, 0.3) is 5.91 Å². The summed E-state index contributed by atoms with van der Waals surface area (Å²) in [5.41, 5.74) is 3.42. The molecule has 0 aliphatic rings. The molecule has 0 saturated heterocycles. The first-order valence-electron chi connectivity index (χ1n) is 7.60. The van der Waals surface area contributed by atoms with E-state index in [1.165, 1.54) is 18.4 Å². The molecule has 6 nitrogen and oxygen atoms in total. The highest BCUT2D eigenvalue weighted by Crippen LogP contribution is 2.29. The summed E-state index contributed by atoms with van der Waals surface area (Å²) < 4.78 is 4.75. The van der Waals surface area contributed by atoms with Gasteiger partial charge in [0.1, 0.15) is 10.7 Å². The predicted molar refractivity (Wildman–Crippen MR) is 97.1 cm³/mol. The van der Waals surface area contributed by atoms with Crippen LogP contribution in [-0.4, -0.2) is 29.2 Å². The molecular weight excluding hydrogens is 338 g/mol. The van der Waals surface area contributed by atoms with Gasteiger partial charge in [-0.3, -0.25) is 9.89 Å². The van der Waals surface area contributed by atoms with Crippen molar-refractivity contribution < 1.29 is 14.3 Å². The number of nitrogens with one attached hydrogen (secondary N) is 2. The molecule has 2 N–H and O–H groups in total. The number of aryl methyl sites for hydroxylation is 2. The average molecular weight is 355 g/mol. The van der Waals surface area contributed by atoms with Crippen molar-refractivity contribution in [2.45, 2.75) is 13.8 Å². The maximum Gasteiger partial charge on any atom is 0.340 e. The second kappa shape index (κ2) is 6.90. The smallest absolute Gasteiger partial charge is 0.340 e. The van der Waals surface area contributed by atoms with Gasteiger partial charge in [-0.25, -0.2) is 4.79 Å². The maximum absolute atomic E-state index is 12.5. The van der Waals surface area contributed by atoms with Crippen LogP contribution in [0.4, 0.5) is 5.00 Å². The molecule has 0 saturated carbocycles. The Morgan fingerprint density at radius 2 is 1.88 bits per heavy atom. The number of nitrogens with zero attached hydrogens (tertiary/aromatic N) is 1. The number of H-pyrrole nitrogens is 1.